The molecule has 0 saturated heterocycles. The summed E-state index contributed by atoms with van der Waals surface area (Å²) >= 11 is 1.18. The van der Waals surface area contributed by atoms with Gasteiger partial charge in [-0.3, -0.25) is 4.79 Å². The Bertz CT molecular complexity index is 991. The monoisotopic (exact) mass is 412 g/mol. The number of anilines is 2. The maximum absolute atomic E-state index is 12.2. The van der Waals surface area contributed by atoms with Crippen molar-refractivity contribution >= 4 is 35.5 Å². The molecule has 1 amide bonds. The van der Waals surface area contributed by atoms with Gasteiger partial charge in [-0.05, 0) is 31.2 Å². The molecule has 1 heterocycles. The van der Waals surface area contributed by atoms with E-state index in [4.69, 9.17) is 4.74 Å². The van der Waals surface area contributed by atoms with Crippen molar-refractivity contribution in [3.05, 3.63) is 54.1 Å². The van der Waals surface area contributed by atoms with E-state index in [9.17, 15) is 9.90 Å². The molecule has 2 aromatic carbocycles. The molecule has 0 unspecified atom stereocenters. The van der Waals surface area contributed by atoms with Crippen LogP contribution >= 0.6 is 11.8 Å². The molecule has 0 fully saturated rings. The van der Waals surface area contributed by atoms with Crippen LogP contribution in [-0.4, -0.2) is 44.8 Å². The number of phenolic OH excluding ortho intramolecular Hbond substituents is 1. The van der Waals surface area contributed by atoms with E-state index >= 15 is 0 Å². The summed E-state index contributed by atoms with van der Waals surface area (Å²) in [5.41, 5.74) is 3.88. The molecular weight excluding hydrogens is 392 g/mol. The van der Waals surface area contributed by atoms with Crippen molar-refractivity contribution in [2.75, 3.05) is 23.1 Å². The highest BCUT2D eigenvalue weighted by atomic mass is 32.2. The number of amides is 1. The molecule has 10 heteroatoms. The zero-order valence-electron chi connectivity index (χ0n) is 15.6. The van der Waals surface area contributed by atoms with Gasteiger partial charge in [0.05, 0.1) is 24.3 Å². The van der Waals surface area contributed by atoms with Crippen LogP contribution in [0.15, 0.2) is 58.8 Å². The Kier molecular flexibility index (Phi) is 7.06. The lowest BCUT2D eigenvalue weighted by Crippen LogP contribution is -2.15. The number of H-pyrrole nitrogens is 1. The molecule has 0 spiro atoms. The average molecular weight is 412 g/mol. The minimum atomic E-state index is -0.195. The van der Waals surface area contributed by atoms with Gasteiger partial charge in [0.1, 0.15) is 11.5 Å². The molecule has 29 heavy (non-hydrogen) atoms. The van der Waals surface area contributed by atoms with E-state index in [2.05, 4.69) is 31.0 Å². The summed E-state index contributed by atoms with van der Waals surface area (Å²) in [7, 11) is 0. The van der Waals surface area contributed by atoms with Crippen LogP contribution in [0.5, 0.6) is 11.5 Å². The lowest BCUT2D eigenvalue weighted by molar-refractivity contribution is -0.113. The fraction of sp³-hybridized carbons (Fsp3) is 0.158. The number of aromatic nitrogens is 3. The summed E-state index contributed by atoms with van der Waals surface area (Å²) in [5.74, 6) is 1.02. The number of ether oxygens (including phenoxy) is 1. The number of phenols is 1. The van der Waals surface area contributed by atoms with Crippen molar-refractivity contribution in [2.24, 2.45) is 5.10 Å². The third kappa shape index (κ3) is 5.98. The number of rotatable bonds is 9. The van der Waals surface area contributed by atoms with Crippen molar-refractivity contribution in [3.8, 4) is 11.5 Å². The lowest BCUT2D eigenvalue weighted by atomic mass is 10.2. The van der Waals surface area contributed by atoms with Gasteiger partial charge in [0, 0.05) is 5.56 Å². The second-order valence-electron chi connectivity index (χ2n) is 5.66. The average Bonchev–Trinajstić information content (AvgIpc) is 3.17. The molecule has 0 aliphatic rings. The molecule has 9 nitrogen and oxygen atoms in total. The zero-order valence-corrected chi connectivity index (χ0v) is 16.4. The third-order valence-corrected chi connectivity index (χ3v) is 4.42. The Balaban J connectivity index is 1.49. The highest BCUT2D eigenvalue weighted by Crippen LogP contribution is 2.24. The molecule has 1 aromatic heterocycles. The first-order chi connectivity index (χ1) is 14.2. The first kappa shape index (κ1) is 20.2. The SMILES string of the molecule is CCOc1ccccc1NC(=O)CSc1n[nH]c(N/N=C\c2ccccc2O)n1. The van der Waals surface area contributed by atoms with E-state index in [-0.39, 0.29) is 17.4 Å². The number of nitrogens with one attached hydrogen (secondary N) is 3. The smallest absolute Gasteiger partial charge is 0.240 e. The van der Waals surface area contributed by atoms with Crippen molar-refractivity contribution in [1.82, 2.24) is 15.2 Å². The minimum Gasteiger partial charge on any atom is -0.507 e. The van der Waals surface area contributed by atoms with Gasteiger partial charge in [0.15, 0.2) is 0 Å². The van der Waals surface area contributed by atoms with Crippen LogP contribution in [0.4, 0.5) is 11.6 Å². The Morgan fingerprint density at radius 2 is 2.07 bits per heavy atom. The molecular formula is C19H20N6O3S. The summed E-state index contributed by atoms with van der Waals surface area (Å²) in [5, 5.41) is 23.6. The van der Waals surface area contributed by atoms with E-state index in [0.29, 0.717) is 34.7 Å². The Hall–Kier alpha value is -3.53. The number of para-hydroxylation sites is 3. The zero-order chi connectivity index (χ0) is 20.5. The van der Waals surface area contributed by atoms with Crippen LogP contribution in [0.3, 0.4) is 0 Å². The highest BCUT2D eigenvalue weighted by molar-refractivity contribution is 7.99. The van der Waals surface area contributed by atoms with Crippen molar-refractivity contribution in [1.29, 1.82) is 0 Å². The number of carbonyl (C=O) groups is 1. The minimum absolute atomic E-state index is 0.129. The molecule has 0 bridgehead atoms. The molecule has 0 saturated carbocycles. The maximum Gasteiger partial charge on any atom is 0.240 e. The lowest BCUT2D eigenvalue weighted by Gasteiger charge is -2.10. The van der Waals surface area contributed by atoms with E-state index < -0.39 is 0 Å². The van der Waals surface area contributed by atoms with Gasteiger partial charge in [-0.15, -0.1) is 5.10 Å². The highest BCUT2D eigenvalue weighted by Gasteiger charge is 2.10. The van der Waals surface area contributed by atoms with E-state index in [0.717, 1.165) is 0 Å². The van der Waals surface area contributed by atoms with E-state index in [1.165, 1.54) is 18.0 Å². The van der Waals surface area contributed by atoms with Crippen LogP contribution < -0.4 is 15.5 Å². The molecule has 3 rings (SSSR count). The fourth-order valence-corrected chi connectivity index (χ4v) is 2.89. The van der Waals surface area contributed by atoms with Crippen molar-refractivity contribution < 1.29 is 14.6 Å². The summed E-state index contributed by atoms with van der Waals surface area (Å²) in [6.45, 7) is 2.40. The van der Waals surface area contributed by atoms with Gasteiger partial charge in [-0.25, -0.2) is 10.5 Å². The number of nitrogens with zero attached hydrogens (tertiary/aromatic N) is 3. The number of aromatic amines is 1. The largest absolute Gasteiger partial charge is 0.507 e. The fourth-order valence-electron chi connectivity index (χ4n) is 2.29. The molecule has 4 N–H and O–H groups in total. The topological polar surface area (TPSA) is 125 Å². The number of hydrogen-bond donors (Lipinski definition) is 4. The van der Waals surface area contributed by atoms with Gasteiger partial charge in [0.25, 0.3) is 0 Å². The van der Waals surface area contributed by atoms with Gasteiger partial charge in [-0.1, -0.05) is 36.0 Å². The molecule has 0 radical (unpaired) electrons. The van der Waals surface area contributed by atoms with E-state index in [1.807, 2.05) is 19.1 Å². The Labute approximate surface area is 171 Å². The van der Waals surface area contributed by atoms with E-state index in [1.54, 1.807) is 36.4 Å². The van der Waals surface area contributed by atoms with Crippen LogP contribution in [-0.2, 0) is 4.79 Å². The van der Waals surface area contributed by atoms with Crippen LogP contribution in [0.2, 0.25) is 0 Å². The first-order valence-electron chi connectivity index (χ1n) is 8.79. The summed E-state index contributed by atoms with van der Waals surface area (Å²) in [6.07, 6.45) is 1.47. The second-order valence-corrected chi connectivity index (χ2v) is 6.60. The second kappa shape index (κ2) is 10.1. The Morgan fingerprint density at radius 1 is 1.28 bits per heavy atom. The summed E-state index contributed by atoms with van der Waals surface area (Å²) in [6, 6.07) is 14.1. The molecule has 3 aromatic rings. The predicted octanol–water partition coefficient (Wildman–Crippen LogP) is 3.09. The quantitative estimate of drug-likeness (QED) is 0.242. The van der Waals surface area contributed by atoms with Crippen LogP contribution in [0, 0.1) is 0 Å². The normalized spacial score (nSPS) is 10.8. The number of carbonyl (C=O) groups excluding carboxylic acids is 1. The number of benzene rings is 2. The third-order valence-electron chi connectivity index (χ3n) is 3.57. The number of hydrogen-bond acceptors (Lipinski definition) is 8. The van der Waals surface area contributed by atoms with Crippen LogP contribution in [0.1, 0.15) is 12.5 Å². The molecule has 0 aliphatic heterocycles. The van der Waals surface area contributed by atoms with Crippen molar-refractivity contribution in [3.63, 3.8) is 0 Å². The number of thioether (sulfide) groups is 1. The van der Waals surface area contributed by atoms with Gasteiger partial charge in [-0.2, -0.15) is 10.1 Å². The first-order valence-corrected chi connectivity index (χ1v) is 9.78. The Morgan fingerprint density at radius 3 is 2.90 bits per heavy atom. The standard InChI is InChI=1S/C19H20N6O3S/c1-2-28-16-10-6-4-8-14(16)21-17(27)12-29-19-22-18(24-25-19)23-20-11-13-7-3-5-9-15(13)26/h3-11,26H,2,12H2,1H3,(H,21,27)(H2,22,23,24,25)/b20-11-. The summed E-state index contributed by atoms with van der Waals surface area (Å²) < 4.78 is 5.49. The van der Waals surface area contributed by atoms with Gasteiger partial charge < -0.3 is 15.2 Å². The van der Waals surface area contributed by atoms with Crippen molar-refractivity contribution in [2.45, 2.75) is 12.1 Å². The number of aromatic hydroxyl groups is 1. The maximum atomic E-state index is 12.2. The molecule has 150 valence electrons. The molecule has 0 atom stereocenters. The van der Waals surface area contributed by atoms with Gasteiger partial charge in [0.2, 0.25) is 17.0 Å². The summed E-state index contributed by atoms with van der Waals surface area (Å²) in [4.78, 5) is 16.4. The van der Waals surface area contributed by atoms with Gasteiger partial charge >= 0.3 is 0 Å². The van der Waals surface area contributed by atoms with Crippen LogP contribution in [0.25, 0.3) is 0 Å². The number of hydrazone groups is 1. The molecule has 0 aliphatic carbocycles. The predicted molar refractivity (Wildman–Crippen MR) is 113 cm³/mol.